The first-order chi connectivity index (χ1) is 8.43. The van der Waals surface area contributed by atoms with Crippen molar-refractivity contribution in [2.75, 3.05) is 11.9 Å². The molecule has 0 bridgehead atoms. The van der Waals surface area contributed by atoms with Crippen LogP contribution in [0.2, 0.25) is 0 Å². The second kappa shape index (κ2) is 8.55. The first-order valence-electron chi connectivity index (χ1n) is 5.54. The largest absolute Gasteiger partial charge is 1.00 e. The maximum Gasteiger partial charge on any atom is 1.00 e. The molecule has 0 radical (unpaired) electrons. The van der Waals surface area contributed by atoms with Gasteiger partial charge in [-0.2, -0.15) is 0 Å². The molecule has 8 heteroatoms. The number of anilines is 1. The molecule has 1 aromatic carbocycles. The van der Waals surface area contributed by atoms with Gasteiger partial charge in [-0.15, -0.1) is 0 Å². The second-order valence-corrected chi connectivity index (χ2v) is 5.09. The Bertz CT molecular complexity index is 502. The molecule has 0 atom stereocenters. The van der Waals surface area contributed by atoms with E-state index in [1.807, 2.05) is 6.92 Å². The van der Waals surface area contributed by atoms with Gasteiger partial charge in [0.25, 0.3) is 0 Å². The number of urea groups is 1. The van der Waals surface area contributed by atoms with Crippen molar-refractivity contribution in [2.45, 2.75) is 24.7 Å². The van der Waals surface area contributed by atoms with Crippen molar-refractivity contribution in [1.29, 1.82) is 0 Å². The molecule has 2 N–H and O–H groups in total. The Morgan fingerprint density at radius 1 is 1.26 bits per heavy atom. The minimum Gasteiger partial charge on any atom is -0.744 e. The van der Waals surface area contributed by atoms with Crippen LogP contribution in [0.1, 0.15) is 19.8 Å². The zero-order valence-corrected chi connectivity index (χ0v) is 13.8. The van der Waals surface area contributed by atoms with Crippen LogP contribution in [0.25, 0.3) is 0 Å². The van der Waals surface area contributed by atoms with E-state index in [2.05, 4.69) is 10.6 Å². The summed E-state index contributed by atoms with van der Waals surface area (Å²) >= 11 is 0. The third-order valence-corrected chi connectivity index (χ3v) is 3.07. The number of nitrogens with one attached hydrogen (secondary N) is 2. The van der Waals surface area contributed by atoms with E-state index in [0.29, 0.717) is 12.2 Å². The number of carbonyl (C=O) groups is 1. The summed E-state index contributed by atoms with van der Waals surface area (Å²) in [4.78, 5) is 11.0. The van der Waals surface area contributed by atoms with Crippen LogP contribution in [0, 0.1) is 0 Å². The van der Waals surface area contributed by atoms with Gasteiger partial charge in [-0.3, -0.25) is 0 Å². The van der Waals surface area contributed by atoms with Gasteiger partial charge in [-0.1, -0.05) is 13.3 Å². The summed E-state index contributed by atoms with van der Waals surface area (Å²) in [5.74, 6) is 0. The van der Waals surface area contributed by atoms with Crippen LogP contribution in [0.3, 0.4) is 0 Å². The van der Waals surface area contributed by atoms with Gasteiger partial charge in [-0.25, -0.2) is 13.2 Å². The van der Waals surface area contributed by atoms with Crippen LogP contribution in [-0.4, -0.2) is 25.5 Å². The smallest absolute Gasteiger partial charge is 0.744 e. The number of benzene rings is 1. The van der Waals surface area contributed by atoms with Crippen molar-refractivity contribution in [3.63, 3.8) is 0 Å². The van der Waals surface area contributed by atoms with Gasteiger partial charge in [0.05, 0.1) is 4.90 Å². The molecule has 0 unspecified atom stereocenters. The van der Waals surface area contributed by atoms with Crippen LogP contribution in [-0.2, 0) is 10.1 Å². The summed E-state index contributed by atoms with van der Waals surface area (Å²) in [6, 6.07) is 4.68. The zero-order chi connectivity index (χ0) is 13.6. The molecule has 0 fully saturated rings. The molecule has 2 amide bonds. The molecule has 6 nitrogen and oxygen atoms in total. The molecule has 0 saturated carbocycles. The van der Waals surface area contributed by atoms with Crippen LogP contribution in [0.15, 0.2) is 29.2 Å². The van der Waals surface area contributed by atoms with Gasteiger partial charge >= 0.3 is 35.6 Å². The molecular formula is C11H15N2NaO4S. The normalized spacial score (nSPS) is 10.4. The van der Waals surface area contributed by atoms with E-state index in [0.717, 1.165) is 25.0 Å². The monoisotopic (exact) mass is 294 g/mol. The average Bonchev–Trinajstić information content (AvgIpc) is 2.29. The summed E-state index contributed by atoms with van der Waals surface area (Å²) in [6.07, 6.45) is 1.87. The number of rotatable bonds is 5. The summed E-state index contributed by atoms with van der Waals surface area (Å²) in [7, 11) is -4.44. The van der Waals surface area contributed by atoms with Crippen molar-refractivity contribution in [2.24, 2.45) is 0 Å². The van der Waals surface area contributed by atoms with Crippen LogP contribution < -0.4 is 40.2 Å². The zero-order valence-electron chi connectivity index (χ0n) is 11.0. The summed E-state index contributed by atoms with van der Waals surface area (Å²) in [5.41, 5.74) is 0.427. The molecule has 0 heterocycles. The number of hydrogen-bond acceptors (Lipinski definition) is 4. The maximum atomic E-state index is 11.4. The average molecular weight is 294 g/mol. The summed E-state index contributed by atoms with van der Waals surface area (Å²) in [5, 5.41) is 5.18. The molecule has 0 aromatic heterocycles. The number of amides is 2. The summed E-state index contributed by atoms with van der Waals surface area (Å²) in [6.45, 7) is 2.59. The number of hydrogen-bond donors (Lipinski definition) is 2. The molecule has 0 spiro atoms. The van der Waals surface area contributed by atoms with Crippen molar-refractivity contribution in [1.82, 2.24) is 5.32 Å². The molecule has 1 aromatic rings. The molecule has 1 rings (SSSR count). The molecule has 0 aliphatic heterocycles. The van der Waals surface area contributed by atoms with Gasteiger partial charge in [0.2, 0.25) is 0 Å². The quantitative estimate of drug-likeness (QED) is 0.393. The van der Waals surface area contributed by atoms with Crippen LogP contribution in [0.4, 0.5) is 10.5 Å². The maximum absolute atomic E-state index is 11.4. The Labute approximate surface area is 135 Å². The van der Waals surface area contributed by atoms with E-state index in [4.69, 9.17) is 0 Å². The van der Waals surface area contributed by atoms with E-state index in [-0.39, 0.29) is 40.5 Å². The molecule has 0 aliphatic rings. The Kier molecular flexibility index (Phi) is 8.28. The molecule has 0 aliphatic carbocycles. The first-order valence-corrected chi connectivity index (χ1v) is 6.95. The third-order valence-electron chi connectivity index (χ3n) is 2.22. The Balaban J connectivity index is 0.00000324. The van der Waals surface area contributed by atoms with E-state index in [1.54, 1.807) is 0 Å². The second-order valence-electron chi connectivity index (χ2n) is 3.71. The Morgan fingerprint density at radius 3 is 2.32 bits per heavy atom. The fourth-order valence-corrected chi connectivity index (χ4v) is 1.73. The minimum atomic E-state index is -4.44. The van der Waals surface area contributed by atoms with Crippen LogP contribution >= 0.6 is 0 Å². The number of unbranched alkanes of at least 4 members (excludes halogenated alkanes) is 1. The predicted octanol–water partition coefficient (Wildman–Crippen LogP) is -1.48. The fourth-order valence-electron chi connectivity index (χ4n) is 1.26. The van der Waals surface area contributed by atoms with Crippen molar-refractivity contribution >= 4 is 21.8 Å². The standard InChI is InChI=1S/C11H16N2O4S.Na/c1-2-3-8-12-11(14)13-9-4-6-10(7-5-9)18(15,16)17;/h4-7H,2-3,8H2,1H3,(H2,12,13,14)(H,15,16,17);/q;+1/p-1. The first kappa shape index (κ1) is 18.4. The number of carbonyl (C=O) groups excluding carboxylic acids is 1. The molecule has 19 heavy (non-hydrogen) atoms. The van der Waals surface area contributed by atoms with E-state index in [9.17, 15) is 17.8 Å². The molecule has 100 valence electrons. The molecular weight excluding hydrogens is 279 g/mol. The summed E-state index contributed by atoms with van der Waals surface area (Å²) < 4.78 is 32.1. The topological polar surface area (TPSA) is 98.3 Å². The van der Waals surface area contributed by atoms with Crippen molar-refractivity contribution in [3.8, 4) is 0 Å². The van der Waals surface area contributed by atoms with E-state index in [1.165, 1.54) is 12.1 Å². The van der Waals surface area contributed by atoms with Gasteiger partial charge in [0.1, 0.15) is 10.1 Å². The van der Waals surface area contributed by atoms with Crippen molar-refractivity contribution < 1.29 is 47.3 Å². The third kappa shape index (κ3) is 6.93. The van der Waals surface area contributed by atoms with E-state index >= 15 is 0 Å². The van der Waals surface area contributed by atoms with Gasteiger partial charge in [0, 0.05) is 12.2 Å². The van der Waals surface area contributed by atoms with E-state index < -0.39 is 10.1 Å². The predicted molar refractivity (Wildman–Crippen MR) is 66.3 cm³/mol. The minimum absolute atomic E-state index is 0. The Morgan fingerprint density at radius 2 is 1.84 bits per heavy atom. The van der Waals surface area contributed by atoms with Gasteiger partial charge in [0.15, 0.2) is 0 Å². The SMILES string of the molecule is CCCCNC(=O)Nc1ccc(S(=O)(=O)[O-])cc1.[Na+]. The van der Waals surface area contributed by atoms with Crippen LogP contribution in [0.5, 0.6) is 0 Å². The van der Waals surface area contributed by atoms with Gasteiger partial charge < -0.3 is 15.2 Å². The molecule has 0 saturated heterocycles. The van der Waals surface area contributed by atoms with Gasteiger partial charge in [-0.05, 0) is 30.7 Å². The Hall–Kier alpha value is -0.600. The van der Waals surface area contributed by atoms with Crippen molar-refractivity contribution in [3.05, 3.63) is 24.3 Å². The fraction of sp³-hybridized carbons (Fsp3) is 0.364.